The minimum atomic E-state index is -2.93. The number of carbonyl (C=O) groups excluding carboxylic acids is 1. The van der Waals surface area contributed by atoms with Gasteiger partial charge in [0.15, 0.2) is 9.84 Å². The first kappa shape index (κ1) is 11.1. The molecular weight excluding hydrogens is 226 g/mol. The molecule has 0 spiro atoms. The van der Waals surface area contributed by atoms with Gasteiger partial charge < -0.3 is 4.90 Å². The van der Waals surface area contributed by atoms with Crippen LogP contribution in [0.25, 0.3) is 0 Å². The number of sulfone groups is 1. The van der Waals surface area contributed by atoms with Crippen LogP contribution < -0.4 is 0 Å². The van der Waals surface area contributed by atoms with Crippen LogP contribution >= 0.6 is 0 Å². The Morgan fingerprint density at radius 2 is 1.62 bits per heavy atom. The summed E-state index contributed by atoms with van der Waals surface area (Å²) < 4.78 is 22.4. The Morgan fingerprint density at radius 1 is 1.06 bits per heavy atom. The molecule has 1 aliphatic heterocycles. The molecule has 0 unspecified atom stereocenters. The first-order valence-electron chi connectivity index (χ1n) is 5.13. The molecule has 16 heavy (non-hydrogen) atoms. The maximum Gasteiger partial charge on any atom is 0.253 e. The molecule has 0 aliphatic carbocycles. The number of benzene rings is 1. The van der Waals surface area contributed by atoms with Gasteiger partial charge in [0.2, 0.25) is 0 Å². The minimum absolute atomic E-state index is 0.0750. The molecule has 0 aromatic heterocycles. The van der Waals surface area contributed by atoms with Gasteiger partial charge in [-0.2, -0.15) is 0 Å². The average molecular weight is 239 g/mol. The lowest BCUT2D eigenvalue weighted by Gasteiger charge is -2.26. The zero-order valence-electron chi connectivity index (χ0n) is 8.80. The third kappa shape index (κ3) is 2.41. The third-order valence-electron chi connectivity index (χ3n) is 2.65. The van der Waals surface area contributed by atoms with Gasteiger partial charge in [-0.05, 0) is 12.1 Å². The molecule has 0 radical (unpaired) electrons. The number of amides is 1. The second-order valence-electron chi connectivity index (χ2n) is 3.81. The number of nitrogens with zero attached hydrogens (tertiary/aromatic N) is 1. The Bertz CT molecular complexity index is 467. The number of rotatable bonds is 1. The van der Waals surface area contributed by atoms with Crippen LogP contribution in [-0.4, -0.2) is 43.8 Å². The molecule has 1 aromatic carbocycles. The molecular formula is C11H13NO3S. The number of carbonyl (C=O) groups is 1. The zero-order valence-corrected chi connectivity index (χ0v) is 9.61. The van der Waals surface area contributed by atoms with Crippen LogP contribution in [0.5, 0.6) is 0 Å². The maximum atomic E-state index is 11.9. The van der Waals surface area contributed by atoms with E-state index >= 15 is 0 Å². The Hall–Kier alpha value is -1.36. The summed E-state index contributed by atoms with van der Waals surface area (Å²) in [5.74, 6) is 0.0624. The quantitative estimate of drug-likeness (QED) is 0.719. The van der Waals surface area contributed by atoms with Crippen LogP contribution in [0.15, 0.2) is 30.3 Å². The average Bonchev–Trinajstić information content (AvgIpc) is 2.29. The van der Waals surface area contributed by atoms with Crippen LogP contribution in [-0.2, 0) is 9.84 Å². The Kier molecular flexibility index (Phi) is 2.96. The smallest absolute Gasteiger partial charge is 0.253 e. The van der Waals surface area contributed by atoms with Crippen molar-refractivity contribution in [2.24, 2.45) is 0 Å². The second kappa shape index (κ2) is 4.25. The van der Waals surface area contributed by atoms with Gasteiger partial charge in [-0.1, -0.05) is 18.2 Å². The summed E-state index contributed by atoms with van der Waals surface area (Å²) in [6.07, 6.45) is 0. The zero-order chi connectivity index (χ0) is 11.6. The molecule has 0 N–H and O–H groups in total. The predicted molar refractivity (Wildman–Crippen MR) is 61.0 cm³/mol. The Morgan fingerprint density at radius 3 is 2.19 bits per heavy atom. The highest BCUT2D eigenvalue weighted by Gasteiger charge is 2.25. The molecule has 1 amide bonds. The summed E-state index contributed by atoms with van der Waals surface area (Å²) in [5, 5.41) is 0. The van der Waals surface area contributed by atoms with E-state index in [4.69, 9.17) is 0 Å². The molecule has 1 aliphatic rings. The molecule has 0 saturated carbocycles. The fourth-order valence-electron chi connectivity index (χ4n) is 1.68. The van der Waals surface area contributed by atoms with Crippen LogP contribution in [0.1, 0.15) is 10.4 Å². The van der Waals surface area contributed by atoms with Crippen LogP contribution in [0.2, 0.25) is 0 Å². The van der Waals surface area contributed by atoms with Crippen molar-refractivity contribution in [2.45, 2.75) is 0 Å². The first-order chi connectivity index (χ1) is 7.58. The van der Waals surface area contributed by atoms with E-state index in [9.17, 15) is 13.2 Å². The summed E-state index contributed by atoms with van der Waals surface area (Å²) in [6, 6.07) is 8.93. The van der Waals surface area contributed by atoms with E-state index < -0.39 is 9.84 Å². The van der Waals surface area contributed by atoms with E-state index in [1.165, 1.54) is 0 Å². The van der Waals surface area contributed by atoms with E-state index in [1.807, 2.05) is 6.07 Å². The summed E-state index contributed by atoms with van der Waals surface area (Å²) >= 11 is 0. The van der Waals surface area contributed by atoms with Crippen molar-refractivity contribution >= 4 is 15.7 Å². The van der Waals surface area contributed by atoms with Crippen molar-refractivity contribution in [1.29, 1.82) is 0 Å². The van der Waals surface area contributed by atoms with Crippen molar-refractivity contribution in [1.82, 2.24) is 4.90 Å². The van der Waals surface area contributed by atoms with Crippen LogP contribution in [0, 0.1) is 0 Å². The van der Waals surface area contributed by atoms with Gasteiger partial charge in [-0.3, -0.25) is 4.79 Å². The summed E-state index contributed by atoms with van der Waals surface area (Å²) in [7, 11) is -2.93. The highest BCUT2D eigenvalue weighted by molar-refractivity contribution is 7.91. The summed E-state index contributed by atoms with van der Waals surface area (Å²) in [4.78, 5) is 13.5. The molecule has 1 heterocycles. The fraction of sp³-hybridized carbons (Fsp3) is 0.364. The lowest BCUT2D eigenvalue weighted by atomic mass is 10.2. The van der Waals surface area contributed by atoms with E-state index in [0.717, 1.165) is 0 Å². The molecule has 2 rings (SSSR count). The molecule has 4 nitrogen and oxygen atoms in total. The number of hydrogen-bond acceptors (Lipinski definition) is 3. The van der Waals surface area contributed by atoms with Gasteiger partial charge >= 0.3 is 0 Å². The maximum absolute atomic E-state index is 11.9. The van der Waals surface area contributed by atoms with Crippen molar-refractivity contribution in [3.63, 3.8) is 0 Å². The predicted octanol–water partition coefficient (Wildman–Crippen LogP) is 0.557. The lowest BCUT2D eigenvalue weighted by molar-refractivity contribution is 0.0770. The van der Waals surface area contributed by atoms with Crippen molar-refractivity contribution in [3.05, 3.63) is 35.9 Å². The van der Waals surface area contributed by atoms with Crippen LogP contribution in [0.4, 0.5) is 0 Å². The van der Waals surface area contributed by atoms with E-state index in [1.54, 1.807) is 29.2 Å². The van der Waals surface area contributed by atoms with E-state index in [0.29, 0.717) is 18.7 Å². The third-order valence-corrected chi connectivity index (χ3v) is 4.26. The van der Waals surface area contributed by atoms with Crippen LogP contribution in [0.3, 0.4) is 0 Å². The molecule has 0 atom stereocenters. The van der Waals surface area contributed by atoms with Crippen molar-refractivity contribution in [3.8, 4) is 0 Å². The summed E-state index contributed by atoms with van der Waals surface area (Å²) in [6.45, 7) is 0.603. The Labute approximate surface area is 94.8 Å². The molecule has 86 valence electrons. The molecule has 1 aromatic rings. The molecule has 1 fully saturated rings. The van der Waals surface area contributed by atoms with Gasteiger partial charge in [-0.15, -0.1) is 0 Å². The molecule has 1 saturated heterocycles. The summed E-state index contributed by atoms with van der Waals surface area (Å²) in [5.41, 5.74) is 0.613. The van der Waals surface area contributed by atoms with Gasteiger partial charge in [0.1, 0.15) is 0 Å². The van der Waals surface area contributed by atoms with E-state index in [2.05, 4.69) is 0 Å². The van der Waals surface area contributed by atoms with Gasteiger partial charge in [0, 0.05) is 18.7 Å². The van der Waals surface area contributed by atoms with Crippen molar-refractivity contribution < 1.29 is 13.2 Å². The number of hydrogen-bond donors (Lipinski definition) is 0. The fourth-order valence-corrected chi connectivity index (χ4v) is 2.88. The van der Waals surface area contributed by atoms with Gasteiger partial charge in [0.05, 0.1) is 11.5 Å². The Balaban J connectivity index is 2.08. The highest BCUT2D eigenvalue weighted by Crippen LogP contribution is 2.09. The topological polar surface area (TPSA) is 54.5 Å². The lowest BCUT2D eigenvalue weighted by Crippen LogP contribution is -2.43. The van der Waals surface area contributed by atoms with Crippen molar-refractivity contribution in [2.75, 3.05) is 24.6 Å². The first-order valence-corrected chi connectivity index (χ1v) is 6.95. The van der Waals surface area contributed by atoms with Gasteiger partial charge in [-0.25, -0.2) is 8.42 Å². The minimum Gasteiger partial charge on any atom is -0.337 e. The van der Waals surface area contributed by atoms with Gasteiger partial charge in [0.25, 0.3) is 5.91 Å². The standard InChI is InChI=1S/C11H13NO3S/c13-11(10-4-2-1-3-5-10)12-6-8-16(14,15)9-7-12/h1-5H,6-9H2. The van der Waals surface area contributed by atoms with E-state index in [-0.39, 0.29) is 17.4 Å². The largest absolute Gasteiger partial charge is 0.337 e. The normalized spacial score (nSPS) is 19.4. The second-order valence-corrected chi connectivity index (χ2v) is 6.11. The SMILES string of the molecule is O=C(c1ccccc1)N1CCS(=O)(=O)CC1. The highest BCUT2D eigenvalue weighted by atomic mass is 32.2. The molecule has 5 heteroatoms. The molecule has 0 bridgehead atoms. The monoisotopic (exact) mass is 239 g/mol.